The summed E-state index contributed by atoms with van der Waals surface area (Å²) in [6, 6.07) is 8.34. The third-order valence-electron chi connectivity index (χ3n) is 9.00. The molecule has 4 aromatic rings. The highest BCUT2D eigenvalue weighted by Crippen LogP contribution is 2.25. The van der Waals surface area contributed by atoms with Gasteiger partial charge < -0.3 is 42.1 Å². The lowest BCUT2D eigenvalue weighted by atomic mass is 10.0. The van der Waals surface area contributed by atoms with Crippen LogP contribution in [0.3, 0.4) is 0 Å². The maximum Gasteiger partial charge on any atom is 0.330 e. The number of amides is 1. The molecule has 0 saturated heterocycles. The van der Waals surface area contributed by atoms with Gasteiger partial charge in [-0.25, -0.2) is 4.79 Å². The fraction of sp³-hybridized carbons (Fsp3) is 0.513. The molecule has 0 spiro atoms. The lowest BCUT2D eigenvalue weighted by molar-refractivity contribution is -0.160. The summed E-state index contributed by atoms with van der Waals surface area (Å²) in [6.45, 7) is 2.26. The molecular formula is C39H57N5O6. The molecule has 0 radical (unpaired) electrons. The van der Waals surface area contributed by atoms with Gasteiger partial charge in [0.25, 0.3) is 0 Å². The molecule has 10 N–H and O–H groups in total. The second kappa shape index (κ2) is 21.7. The molecular weight excluding hydrogens is 634 g/mol. The number of nitrogens with one attached hydrogen (secondary N) is 2. The normalized spacial score (nSPS) is 12.4. The Hall–Kier alpha value is -4.35. The van der Waals surface area contributed by atoms with Crippen LogP contribution in [0, 0.1) is 0 Å². The molecule has 11 heteroatoms. The summed E-state index contributed by atoms with van der Waals surface area (Å²) in [5, 5.41) is 20.7. The molecule has 50 heavy (non-hydrogen) atoms. The fourth-order valence-electron chi connectivity index (χ4n) is 6.03. The van der Waals surface area contributed by atoms with E-state index >= 15 is 0 Å². The van der Waals surface area contributed by atoms with Gasteiger partial charge in [-0.05, 0) is 60.4 Å². The van der Waals surface area contributed by atoms with Crippen molar-refractivity contribution >= 4 is 39.7 Å². The summed E-state index contributed by atoms with van der Waals surface area (Å²) in [5.41, 5.74) is 20.1. The molecule has 4 rings (SSSR count). The molecule has 1 amide bonds. The van der Waals surface area contributed by atoms with Crippen molar-refractivity contribution in [3.05, 3.63) is 59.9 Å². The van der Waals surface area contributed by atoms with Gasteiger partial charge >= 0.3 is 11.9 Å². The molecule has 0 aliphatic carbocycles. The van der Waals surface area contributed by atoms with Gasteiger partial charge in [0.2, 0.25) is 5.91 Å². The molecule has 11 nitrogen and oxygen atoms in total. The van der Waals surface area contributed by atoms with E-state index in [0.29, 0.717) is 6.42 Å². The number of aromatic nitrogens is 2. The highest BCUT2D eigenvalue weighted by Gasteiger charge is 2.21. The number of phenolic OH excluding ortho intramolecular Hbond substituents is 2. The topological polar surface area (TPSA) is 211 Å². The van der Waals surface area contributed by atoms with E-state index in [2.05, 4.69) is 16.9 Å². The first-order chi connectivity index (χ1) is 24.1. The number of primary amides is 1. The van der Waals surface area contributed by atoms with Crippen molar-refractivity contribution in [1.29, 1.82) is 0 Å². The van der Waals surface area contributed by atoms with Gasteiger partial charge in [-0.3, -0.25) is 9.59 Å². The van der Waals surface area contributed by atoms with Gasteiger partial charge in [0.15, 0.2) is 0 Å². The molecule has 2 heterocycles. The number of nitrogens with two attached hydrogens (primary N) is 3. The largest absolute Gasteiger partial charge is 0.508 e. The van der Waals surface area contributed by atoms with E-state index < -0.39 is 29.9 Å². The van der Waals surface area contributed by atoms with Gasteiger partial charge in [0.1, 0.15) is 17.5 Å². The standard InChI is InChI=1S/C28H44N2O4.C11H13N3O2/c1-2-3-4-5-6-7-8-9-10-11-12-13-14-15-16-27(32)34-28(33)25(29)19-22-21-30-26-18-17-23(31)20-24(22)26;12-9(11(13)16)3-6-5-14-10-2-1-7(15)4-8(6)10/h17-18,20-21,25,30-31H,2-16,19,29H2,1H3;1-2,4-5,9,14-15H,3,12H2,(H2,13,16)/t25-;9-/m00/s1. The number of esters is 2. The number of hydrogen-bond donors (Lipinski definition) is 7. The number of phenols is 2. The summed E-state index contributed by atoms with van der Waals surface area (Å²) >= 11 is 0. The van der Waals surface area contributed by atoms with E-state index in [1.807, 2.05) is 0 Å². The molecule has 0 aliphatic heterocycles. The van der Waals surface area contributed by atoms with Crippen LogP contribution in [0.2, 0.25) is 0 Å². The third kappa shape index (κ3) is 13.9. The molecule has 2 atom stereocenters. The van der Waals surface area contributed by atoms with Crippen molar-refractivity contribution in [2.24, 2.45) is 17.2 Å². The summed E-state index contributed by atoms with van der Waals surface area (Å²) in [7, 11) is 0. The number of aromatic amines is 2. The van der Waals surface area contributed by atoms with Crippen molar-refractivity contribution in [1.82, 2.24) is 9.97 Å². The number of ether oxygens (including phenoxy) is 1. The molecule has 0 aliphatic rings. The van der Waals surface area contributed by atoms with Crippen molar-refractivity contribution in [3.63, 3.8) is 0 Å². The van der Waals surface area contributed by atoms with Gasteiger partial charge in [0.05, 0.1) is 6.04 Å². The number of carbonyl (C=O) groups is 3. The molecule has 0 saturated carbocycles. The SMILES string of the molecule is CCCCCCCCCCCCCCCCC(=O)OC(=O)[C@@H](N)Cc1c[nH]c2ccc(O)cc12.NC(=O)[C@@H](N)Cc1c[nH]c2ccc(O)cc12. The van der Waals surface area contributed by atoms with Crippen LogP contribution in [-0.4, -0.2) is 50.1 Å². The maximum atomic E-state index is 12.2. The number of unbranched alkanes of at least 4 members (excludes halogenated alkanes) is 13. The van der Waals surface area contributed by atoms with Crippen molar-refractivity contribution in [2.75, 3.05) is 0 Å². The first-order valence-corrected chi connectivity index (χ1v) is 18.2. The lowest BCUT2D eigenvalue weighted by Crippen LogP contribution is -2.38. The van der Waals surface area contributed by atoms with Gasteiger partial charge in [-0.2, -0.15) is 0 Å². The average Bonchev–Trinajstić information content (AvgIpc) is 3.67. The zero-order valence-corrected chi connectivity index (χ0v) is 29.6. The van der Waals surface area contributed by atoms with Crippen LogP contribution in [0.1, 0.15) is 114 Å². The van der Waals surface area contributed by atoms with Crippen LogP contribution < -0.4 is 17.2 Å². The van der Waals surface area contributed by atoms with Gasteiger partial charge in [-0.1, -0.05) is 90.4 Å². The highest BCUT2D eigenvalue weighted by molar-refractivity contribution is 5.90. The summed E-state index contributed by atoms with van der Waals surface area (Å²) in [6.07, 6.45) is 21.9. The predicted octanol–water partition coefficient (Wildman–Crippen LogP) is 6.91. The van der Waals surface area contributed by atoms with E-state index in [0.717, 1.165) is 52.2 Å². The predicted molar refractivity (Wildman–Crippen MR) is 199 cm³/mol. The summed E-state index contributed by atoms with van der Waals surface area (Å²) in [4.78, 5) is 41.2. The molecule has 0 bridgehead atoms. The Labute approximate surface area is 295 Å². The first-order valence-electron chi connectivity index (χ1n) is 18.2. The Morgan fingerprint density at radius 2 is 1.08 bits per heavy atom. The smallest absolute Gasteiger partial charge is 0.330 e. The number of hydrogen-bond acceptors (Lipinski definition) is 8. The monoisotopic (exact) mass is 691 g/mol. The first kappa shape index (κ1) is 40.1. The Kier molecular flexibility index (Phi) is 17.4. The minimum atomic E-state index is -0.929. The number of rotatable bonds is 21. The van der Waals surface area contributed by atoms with E-state index in [9.17, 15) is 24.6 Å². The third-order valence-corrected chi connectivity index (χ3v) is 9.00. The van der Waals surface area contributed by atoms with E-state index in [1.54, 1.807) is 48.8 Å². The van der Waals surface area contributed by atoms with Crippen LogP contribution in [0.15, 0.2) is 48.8 Å². The summed E-state index contributed by atoms with van der Waals surface area (Å²) < 4.78 is 4.95. The Balaban J connectivity index is 0.000000349. The Morgan fingerprint density at radius 1 is 0.660 bits per heavy atom. The minimum Gasteiger partial charge on any atom is -0.508 e. The number of aromatic hydroxyl groups is 2. The van der Waals surface area contributed by atoms with E-state index in [-0.39, 0.29) is 24.3 Å². The number of H-pyrrole nitrogens is 2. The molecule has 0 unspecified atom stereocenters. The molecule has 0 fully saturated rings. The van der Waals surface area contributed by atoms with Gasteiger partial charge in [-0.15, -0.1) is 0 Å². The van der Waals surface area contributed by atoms with Gasteiger partial charge in [0, 0.05) is 47.0 Å². The number of fused-ring (bicyclic) bond motifs is 2. The van der Waals surface area contributed by atoms with E-state index in [1.165, 1.54) is 70.6 Å². The quantitative estimate of drug-likeness (QED) is 0.0276. The second-order valence-corrected chi connectivity index (χ2v) is 13.3. The lowest BCUT2D eigenvalue weighted by Gasteiger charge is -2.10. The molecule has 2 aromatic carbocycles. The number of carbonyl (C=O) groups excluding carboxylic acids is 3. The zero-order valence-electron chi connectivity index (χ0n) is 29.6. The van der Waals surface area contributed by atoms with Crippen LogP contribution in [0.25, 0.3) is 21.8 Å². The van der Waals surface area contributed by atoms with Crippen molar-refractivity contribution in [2.45, 2.75) is 128 Å². The van der Waals surface area contributed by atoms with Crippen molar-refractivity contribution in [3.8, 4) is 11.5 Å². The Morgan fingerprint density at radius 3 is 1.52 bits per heavy atom. The second-order valence-electron chi connectivity index (χ2n) is 13.3. The average molecular weight is 692 g/mol. The van der Waals surface area contributed by atoms with Crippen LogP contribution in [0.5, 0.6) is 11.5 Å². The molecule has 274 valence electrons. The maximum absolute atomic E-state index is 12.2. The van der Waals surface area contributed by atoms with E-state index in [4.69, 9.17) is 21.9 Å². The fourth-order valence-corrected chi connectivity index (χ4v) is 6.03. The molecule has 2 aromatic heterocycles. The van der Waals surface area contributed by atoms with Crippen molar-refractivity contribution < 1.29 is 29.3 Å². The minimum absolute atomic E-state index is 0.146. The van der Waals surface area contributed by atoms with Crippen LogP contribution in [-0.2, 0) is 32.0 Å². The Bertz CT molecular complexity index is 1630. The zero-order chi connectivity index (χ0) is 36.3. The van der Waals surface area contributed by atoms with Crippen LogP contribution >= 0.6 is 0 Å². The number of benzene rings is 2. The summed E-state index contributed by atoms with van der Waals surface area (Å²) in [5.74, 6) is -1.41. The highest BCUT2D eigenvalue weighted by atomic mass is 16.6. The van der Waals surface area contributed by atoms with Crippen LogP contribution in [0.4, 0.5) is 0 Å².